The predicted molar refractivity (Wildman–Crippen MR) is 113 cm³/mol. The number of ether oxygens (including phenoxy) is 2. The third-order valence-electron chi connectivity index (χ3n) is 5.35. The predicted octanol–water partition coefficient (Wildman–Crippen LogP) is 4.09. The van der Waals surface area contributed by atoms with Gasteiger partial charge in [-0.25, -0.2) is 4.79 Å². The summed E-state index contributed by atoms with van der Waals surface area (Å²) in [7, 11) is 0. The molecule has 2 atom stereocenters. The number of benzene rings is 1. The standard InChI is InChI=1S/C24H24N2O4/c1-2-29-22(24(27)28)14-16-5-7-17(8-6-16)30-13-10-20-21-15-25-12-9-18(21)19-4-3-11-26-23(19)20/h3-9,11-12,15,20,22H,2,10,13-14H2,1H3,(H,27,28). The number of carbonyl (C=O) groups is 1. The average molecular weight is 404 g/mol. The molecule has 1 N–H and O–H groups in total. The molecule has 2 heterocycles. The first-order valence-corrected chi connectivity index (χ1v) is 10.1. The molecule has 0 fully saturated rings. The number of fused-ring (bicyclic) bond motifs is 3. The van der Waals surface area contributed by atoms with Gasteiger partial charge in [0.05, 0.1) is 12.3 Å². The Labute approximate surface area is 175 Å². The lowest BCUT2D eigenvalue weighted by Gasteiger charge is -2.14. The molecule has 6 nitrogen and oxygen atoms in total. The molecule has 0 radical (unpaired) electrons. The Balaban J connectivity index is 1.38. The van der Waals surface area contributed by atoms with Crippen molar-refractivity contribution in [1.29, 1.82) is 0 Å². The van der Waals surface area contributed by atoms with Gasteiger partial charge >= 0.3 is 5.97 Å². The van der Waals surface area contributed by atoms with Gasteiger partial charge in [-0.2, -0.15) is 0 Å². The maximum absolute atomic E-state index is 11.2. The highest BCUT2D eigenvalue weighted by atomic mass is 16.5. The molecule has 0 saturated heterocycles. The van der Waals surface area contributed by atoms with Crippen LogP contribution in [0.25, 0.3) is 11.1 Å². The lowest BCUT2D eigenvalue weighted by molar-refractivity contribution is -0.149. The van der Waals surface area contributed by atoms with E-state index in [1.54, 1.807) is 6.92 Å². The number of aromatic nitrogens is 2. The molecular formula is C24H24N2O4. The highest BCUT2D eigenvalue weighted by molar-refractivity contribution is 5.76. The Morgan fingerprint density at radius 3 is 2.73 bits per heavy atom. The molecule has 0 amide bonds. The van der Waals surface area contributed by atoms with Gasteiger partial charge in [0.2, 0.25) is 0 Å². The van der Waals surface area contributed by atoms with Crippen LogP contribution in [-0.4, -0.2) is 40.4 Å². The first kappa shape index (κ1) is 20.0. The topological polar surface area (TPSA) is 81.5 Å². The SMILES string of the molecule is CCOC(Cc1ccc(OCCC2c3cnccc3-c3cccnc32)cc1)C(=O)O. The van der Waals surface area contributed by atoms with Crippen LogP contribution in [0.4, 0.5) is 0 Å². The van der Waals surface area contributed by atoms with Crippen LogP contribution in [0.5, 0.6) is 5.75 Å². The number of nitrogens with zero attached hydrogens (tertiary/aromatic N) is 2. The maximum Gasteiger partial charge on any atom is 0.333 e. The summed E-state index contributed by atoms with van der Waals surface area (Å²) in [5.74, 6) is -0.0169. The number of carboxylic acids is 1. The molecule has 2 aromatic heterocycles. The molecule has 1 aromatic carbocycles. The van der Waals surface area contributed by atoms with Crippen molar-refractivity contribution < 1.29 is 19.4 Å². The van der Waals surface area contributed by atoms with Crippen molar-refractivity contribution in [3.8, 4) is 16.9 Å². The fraction of sp³-hybridized carbons (Fsp3) is 0.292. The third-order valence-corrected chi connectivity index (χ3v) is 5.35. The summed E-state index contributed by atoms with van der Waals surface area (Å²) in [5, 5.41) is 9.22. The van der Waals surface area contributed by atoms with Crippen LogP contribution in [0.1, 0.15) is 36.1 Å². The summed E-state index contributed by atoms with van der Waals surface area (Å²) in [6.07, 6.45) is 5.88. The van der Waals surface area contributed by atoms with Crippen LogP contribution in [0, 0.1) is 0 Å². The molecule has 1 aliphatic carbocycles. The Bertz CT molecular complexity index is 974. The number of rotatable bonds is 9. The molecular weight excluding hydrogens is 380 g/mol. The highest BCUT2D eigenvalue weighted by Crippen LogP contribution is 2.44. The van der Waals surface area contributed by atoms with Crippen LogP contribution in [0.2, 0.25) is 0 Å². The summed E-state index contributed by atoms with van der Waals surface area (Å²) in [6, 6.07) is 13.6. The first-order valence-electron chi connectivity index (χ1n) is 10.1. The van der Waals surface area contributed by atoms with Crippen LogP contribution < -0.4 is 4.74 Å². The van der Waals surface area contributed by atoms with E-state index in [9.17, 15) is 9.90 Å². The zero-order valence-corrected chi connectivity index (χ0v) is 16.8. The van der Waals surface area contributed by atoms with Gasteiger partial charge in [-0.15, -0.1) is 0 Å². The van der Waals surface area contributed by atoms with Crippen molar-refractivity contribution in [3.63, 3.8) is 0 Å². The average Bonchev–Trinajstić information content (AvgIpc) is 3.09. The van der Waals surface area contributed by atoms with Gasteiger partial charge in [-0.1, -0.05) is 18.2 Å². The molecule has 0 bridgehead atoms. The molecule has 4 rings (SSSR count). The summed E-state index contributed by atoms with van der Waals surface area (Å²) in [5.41, 5.74) is 5.55. The number of hydrogen-bond acceptors (Lipinski definition) is 5. The number of carboxylic acid groups (broad SMARTS) is 1. The summed E-state index contributed by atoms with van der Waals surface area (Å²) in [4.78, 5) is 20.1. The minimum Gasteiger partial charge on any atom is -0.494 e. The summed E-state index contributed by atoms with van der Waals surface area (Å²) in [6.45, 7) is 2.71. The van der Waals surface area contributed by atoms with Crippen molar-refractivity contribution >= 4 is 5.97 Å². The van der Waals surface area contributed by atoms with Gasteiger partial charge in [0.25, 0.3) is 0 Å². The minimum atomic E-state index is -0.947. The van der Waals surface area contributed by atoms with Gasteiger partial charge in [0, 0.05) is 43.1 Å². The van der Waals surface area contributed by atoms with E-state index in [1.807, 2.05) is 55.0 Å². The fourth-order valence-corrected chi connectivity index (χ4v) is 3.94. The lowest BCUT2D eigenvalue weighted by atomic mass is 9.98. The second-order valence-electron chi connectivity index (χ2n) is 7.22. The van der Waals surface area contributed by atoms with Gasteiger partial charge < -0.3 is 14.6 Å². The summed E-state index contributed by atoms with van der Waals surface area (Å²) < 4.78 is 11.2. The number of pyridine rings is 2. The summed E-state index contributed by atoms with van der Waals surface area (Å²) >= 11 is 0. The first-order chi connectivity index (χ1) is 14.7. The molecule has 154 valence electrons. The molecule has 2 unspecified atom stereocenters. The molecule has 0 saturated carbocycles. The molecule has 0 spiro atoms. The third kappa shape index (κ3) is 4.19. The van der Waals surface area contributed by atoms with Crippen molar-refractivity contribution in [3.05, 3.63) is 77.9 Å². The Morgan fingerprint density at radius 1 is 1.13 bits per heavy atom. The minimum absolute atomic E-state index is 0.173. The van der Waals surface area contributed by atoms with E-state index >= 15 is 0 Å². The van der Waals surface area contributed by atoms with E-state index in [1.165, 1.54) is 16.7 Å². The Hall–Kier alpha value is -3.25. The number of aliphatic carboxylic acids is 1. The fourth-order valence-electron chi connectivity index (χ4n) is 3.94. The highest BCUT2D eigenvalue weighted by Gasteiger charge is 2.29. The Morgan fingerprint density at radius 2 is 1.97 bits per heavy atom. The quantitative estimate of drug-likeness (QED) is 0.578. The van der Waals surface area contributed by atoms with E-state index in [2.05, 4.69) is 16.0 Å². The van der Waals surface area contributed by atoms with Crippen molar-refractivity contribution in [2.24, 2.45) is 0 Å². The smallest absolute Gasteiger partial charge is 0.333 e. The monoisotopic (exact) mass is 404 g/mol. The van der Waals surface area contributed by atoms with E-state index in [0.717, 1.165) is 23.4 Å². The molecule has 0 aliphatic heterocycles. The van der Waals surface area contributed by atoms with Gasteiger partial charge in [0.1, 0.15) is 5.75 Å². The Kier molecular flexibility index (Phi) is 6.05. The zero-order valence-electron chi connectivity index (χ0n) is 16.8. The zero-order chi connectivity index (χ0) is 20.9. The van der Waals surface area contributed by atoms with E-state index in [0.29, 0.717) is 19.6 Å². The largest absolute Gasteiger partial charge is 0.494 e. The molecule has 6 heteroatoms. The van der Waals surface area contributed by atoms with Gasteiger partial charge in [-0.3, -0.25) is 9.97 Å². The van der Waals surface area contributed by atoms with E-state index < -0.39 is 12.1 Å². The van der Waals surface area contributed by atoms with Gasteiger partial charge in [-0.05, 0) is 54.3 Å². The van der Waals surface area contributed by atoms with E-state index in [-0.39, 0.29) is 5.92 Å². The normalized spacial score (nSPS) is 15.3. The molecule has 3 aromatic rings. The second kappa shape index (κ2) is 9.05. The number of hydrogen-bond donors (Lipinski definition) is 1. The van der Waals surface area contributed by atoms with Crippen LogP contribution >= 0.6 is 0 Å². The second-order valence-corrected chi connectivity index (χ2v) is 7.22. The van der Waals surface area contributed by atoms with Crippen molar-refractivity contribution in [2.45, 2.75) is 31.8 Å². The molecule has 1 aliphatic rings. The van der Waals surface area contributed by atoms with Crippen LogP contribution in [0.15, 0.2) is 61.1 Å². The molecule has 30 heavy (non-hydrogen) atoms. The van der Waals surface area contributed by atoms with Crippen molar-refractivity contribution in [2.75, 3.05) is 13.2 Å². The van der Waals surface area contributed by atoms with Crippen molar-refractivity contribution in [1.82, 2.24) is 9.97 Å². The van der Waals surface area contributed by atoms with Crippen LogP contribution in [-0.2, 0) is 16.0 Å². The van der Waals surface area contributed by atoms with Crippen LogP contribution in [0.3, 0.4) is 0 Å². The van der Waals surface area contributed by atoms with E-state index in [4.69, 9.17) is 9.47 Å². The maximum atomic E-state index is 11.2. The lowest BCUT2D eigenvalue weighted by Crippen LogP contribution is -2.26. The van der Waals surface area contributed by atoms with Gasteiger partial charge in [0.15, 0.2) is 6.10 Å².